The van der Waals surface area contributed by atoms with Crippen LogP contribution in [0.1, 0.15) is 73.6 Å². The normalized spacial score (nSPS) is 16.9. The second kappa shape index (κ2) is 9.84. The van der Waals surface area contributed by atoms with Gasteiger partial charge in [-0.05, 0) is 41.5 Å². The molecule has 0 saturated heterocycles. The number of hydrogen-bond acceptors (Lipinski definition) is 1. The third-order valence-corrected chi connectivity index (χ3v) is 8.86. The molecule has 0 spiro atoms. The molecule has 0 heterocycles. The van der Waals surface area contributed by atoms with Crippen molar-refractivity contribution in [3.05, 3.63) is 12.7 Å². The van der Waals surface area contributed by atoms with Gasteiger partial charge in [-0.1, -0.05) is 37.1 Å². The zero-order valence-corrected chi connectivity index (χ0v) is 17.8. The summed E-state index contributed by atoms with van der Waals surface area (Å²) in [5, 5.41) is 5.63. The van der Waals surface area contributed by atoms with Crippen LogP contribution in [0, 0.1) is 7.43 Å². The summed E-state index contributed by atoms with van der Waals surface area (Å²) in [4.78, 5) is 1.01. The van der Waals surface area contributed by atoms with Crippen LogP contribution in [0.15, 0.2) is 0 Å². The molecule has 0 amide bonds. The maximum Gasteiger partial charge on any atom is 2.00 e. The van der Waals surface area contributed by atoms with E-state index in [2.05, 4.69) is 41.5 Å². The Morgan fingerprint density at radius 2 is 1.43 bits per heavy atom. The molecule has 0 aliphatic heterocycles. The van der Waals surface area contributed by atoms with E-state index in [1.807, 2.05) is 0 Å². The average Bonchev–Trinajstić information content (AvgIpc) is 2.24. The molecule has 0 unspecified atom stereocenters. The van der Waals surface area contributed by atoms with Gasteiger partial charge in [0.05, 0.1) is 16.5 Å². The number of hydrogen-bond donors (Lipinski definition) is 0. The molecule has 0 radical (unpaired) electrons. The minimum atomic E-state index is -0.560. The first-order valence-corrected chi connectivity index (χ1v) is 9.82. The third kappa shape index (κ3) is 8.87. The minimum Gasteiger partial charge on any atom is -0.673 e. The van der Waals surface area contributed by atoms with Gasteiger partial charge in [0.1, 0.15) is 0 Å². The standard InChI is InChI=1S/C16H32NPS.CH3.Ni/c1-15(2,3)18(16(4,5)6)12-14(19)17-13-10-8-7-9-11-13;;/h13H,7-12H2,1-6H3,(H,17,19);1H3;/q;-1;+2. The molecule has 1 aliphatic carbocycles. The molecule has 4 heteroatoms. The fourth-order valence-electron chi connectivity index (χ4n) is 3.27. The Bertz CT molecular complexity index is 287. The van der Waals surface area contributed by atoms with Crippen molar-refractivity contribution in [1.82, 2.24) is 0 Å². The molecule has 1 fully saturated rings. The predicted molar refractivity (Wildman–Crippen MR) is 102 cm³/mol. The van der Waals surface area contributed by atoms with Crippen molar-refractivity contribution in [2.75, 3.05) is 6.16 Å². The van der Waals surface area contributed by atoms with Crippen molar-refractivity contribution in [1.29, 1.82) is 0 Å². The molecule has 128 valence electrons. The average molecular weight is 375 g/mol. The van der Waals surface area contributed by atoms with Crippen molar-refractivity contribution in [2.24, 2.45) is 0 Å². The van der Waals surface area contributed by atoms with Crippen LogP contribution in [0.4, 0.5) is 0 Å². The molecule has 0 aromatic heterocycles. The van der Waals surface area contributed by atoms with Crippen LogP contribution >= 0.6 is 20.1 Å². The summed E-state index contributed by atoms with van der Waals surface area (Å²) in [6.07, 6.45) is 7.65. The molecule has 21 heavy (non-hydrogen) atoms. The van der Waals surface area contributed by atoms with Gasteiger partial charge in [0.2, 0.25) is 0 Å². The van der Waals surface area contributed by atoms with Crippen molar-refractivity contribution >= 4 is 25.1 Å². The van der Waals surface area contributed by atoms with Crippen LogP contribution in [-0.2, 0) is 16.5 Å². The van der Waals surface area contributed by atoms with E-state index in [0.717, 1.165) is 11.2 Å². The molecule has 1 rings (SSSR count). The van der Waals surface area contributed by atoms with Gasteiger partial charge < -0.3 is 12.7 Å². The van der Waals surface area contributed by atoms with Crippen LogP contribution in [0.5, 0.6) is 0 Å². The Balaban J connectivity index is 0. The van der Waals surface area contributed by atoms with E-state index in [9.17, 15) is 0 Å². The molecule has 0 aromatic carbocycles. The monoisotopic (exact) mass is 374 g/mol. The van der Waals surface area contributed by atoms with Gasteiger partial charge in [-0.2, -0.15) is 0 Å². The van der Waals surface area contributed by atoms with E-state index in [-0.39, 0.29) is 23.9 Å². The molecule has 0 bridgehead atoms. The van der Waals surface area contributed by atoms with Crippen molar-refractivity contribution < 1.29 is 16.5 Å². The molecule has 1 aliphatic rings. The summed E-state index contributed by atoms with van der Waals surface area (Å²) < 4.78 is 0. The fourth-order valence-corrected chi connectivity index (χ4v) is 7.55. The van der Waals surface area contributed by atoms with E-state index >= 15 is 0 Å². The third-order valence-electron chi connectivity index (χ3n) is 4.04. The van der Waals surface area contributed by atoms with E-state index in [0.29, 0.717) is 16.4 Å². The van der Waals surface area contributed by atoms with Crippen LogP contribution in [-0.4, -0.2) is 27.5 Å². The Kier molecular flexibility index (Phi) is 11.3. The predicted octanol–water partition coefficient (Wildman–Crippen LogP) is 6.28. The number of nitrogens with zero attached hydrogens (tertiary/aromatic N) is 1. The van der Waals surface area contributed by atoms with Crippen molar-refractivity contribution in [3.63, 3.8) is 0 Å². The molecule has 0 atom stereocenters. The largest absolute Gasteiger partial charge is 2.00 e. The summed E-state index contributed by atoms with van der Waals surface area (Å²) in [5.41, 5.74) is 0. The first-order chi connectivity index (χ1) is 8.60. The summed E-state index contributed by atoms with van der Waals surface area (Å²) in [7, 11) is -0.560. The quantitative estimate of drug-likeness (QED) is 0.245. The van der Waals surface area contributed by atoms with Crippen LogP contribution in [0.3, 0.4) is 0 Å². The zero-order valence-electron chi connectivity index (χ0n) is 15.0. The van der Waals surface area contributed by atoms with E-state index in [4.69, 9.17) is 17.5 Å². The van der Waals surface area contributed by atoms with Gasteiger partial charge in [0.25, 0.3) is 0 Å². The smallest absolute Gasteiger partial charge is 0.673 e. The molecular weight excluding hydrogens is 340 g/mol. The Morgan fingerprint density at radius 3 is 1.81 bits per heavy atom. The van der Waals surface area contributed by atoms with Gasteiger partial charge >= 0.3 is 16.5 Å². The second-order valence-corrected chi connectivity index (χ2v) is 12.8. The molecule has 1 saturated carbocycles. The van der Waals surface area contributed by atoms with Gasteiger partial charge in [-0.15, -0.1) is 18.3 Å². The molecule has 0 aromatic rings. The Hall–Kier alpha value is 0.814. The number of thiocarbonyl (C=S) groups is 1. The van der Waals surface area contributed by atoms with Gasteiger partial charge in [0.15, 0.2) is 0 Å². The topological polar surface area (TPSA) is 14.1 Å². The summed E-state index contributed by atoms with van der Waals surface area (Å²) in [6.45, 7) is 14.2. The summed E-state index contributed by atoms with van der Waals surface area (Å²) in [6, 6.07) is 0.532. The summed E-state index contributed by atoms with van der Waals surface area (Å²) >= 11 is 5.61. The molecule has 1 nitrogen and oxygen atoms in total. The second-order valence-electron chi connectivity index (χ2n) is 7.97. The first kappa shape index (κ1) is 24.1. The van der Waals surface area contributed by atoms with Crippen molar-refractivity contribution in [2.45, 2.75) is 90.0 Å². The first-order valence-electron chi connectivity index (χ1n) is 7.71. The van der Waals surface area contributed by atoms with Gasteiger partial charge in [-0.3, -0.25) is 0 Å². The van der Waals surface area contributed by atoms with E-state index in [1.165, 1.54) is 32.1 Å². The Labute approximate surface area is 150 Å². The zero-order chi connectivity index (χ0) is 14.7. The van der Waals surface area contributed by atoms with Crippen LogP contribution in [0.25, 0.3) is 5.32 Å². The maximum atomic E-state index is 5.61. The Morgan fingerprint density at radius 1 is 1.00 bits per heavy atom. The van der Waals surface area contributed by atoms with Crippen molar-refractivity contribution in [3.8, 4) is 0 Å². The number of rotatable bonds is 3. The van der Waals surface area contributed by atoms with Crippen LogP contribution in [0.2, 0.25) is 0 Å². The summed E-state index contributed by atoms with van der Waals surface area (Å²) in [5.74, 6) is 0. The van der Waals surface area contributed by atoms with Gasteiger partial charge in [-0.25, -0.2) is 0 Å². The minimum absolute atomic E-state index is 0. The van der Waals surface area contributed by atoms with E-state index < -0.39 is 7.92 Å². The molecular formula is C17H35NNiPS+. The van der Waals surface area contributed by atoms with Gasteiger partial charge in [0, 0.05) is 7.92 Å². The fraction of sp³-hybridized carbons (Fsp3) is 0.882. The van der Waals surface area contributed by atoms with Crippen LogP contribution < -0.4 is 0 Å². The molecule has 0 N–H and O–H groups in total. The SMILES string of the molecule is CC(C)(C)[PH+](CC(=S)[N-]C1CCCCC1)C(C)(C)C.[CH3-].[Ni+2]. The van der Waals surface area contributed by atoms with E-state index in [1.54, 1.807) is 0 Å². The maximum absolute atomic E-state index is 5.61.